The van der Waals surface area contributed by atoms with Gasteiger partial charge >= 0.3 is 5.97 Å². The third-order valence-electron chi connectivity index (χ3n) is 5.33. The van der Waals surface area contributed by atoms with Crippen molar-refractivity contribution in [1.29, 1.82) is 0 Å². The quantitative estimate of drug-likeness (QED) is 0.796. The smallest absolute Gasteiger partial charge is 0.337 e. The van der Waals surface area contributed by atoms with Gasteiger partial charge in [0, 0.05) is 31.3 Å². The van der Waals surface area contributed by atoms with Crippen molar-refractivity contribution in [3.63, 3.8) is 0 Å². The molecule has 5 nitrogen and oxygen atoms in total. The Balaban J connectivity index is 1.60. The molecule has 0 spiro atoms. The molecule has 5 heteroatoms. The molecule has 2 aliphatic carbocycles. The van der Waals surface area contributed by atoms with Crippen molar-refractivity contribution in [2.24, 2.45) is 17.8 Å². The molecule has 2 bridgehead atoms. The number of methoxy groups -OCH3 is 1. The third-order valence-corrected chi connectivity index (χ3v) is 5.33. The Morgan fingerprint density at radius 1 is 1.12 bits per heavy atom. The second kappa shape index (κ2) is 6.75. The van der Waals surface area contributed by atoms with Crippen molar-refractivity contribution in [2.75, 3.05) is 14.2 Å². The van der Waals surface area contributed by atoms with Gasteiger partial charge in [-0.15, -0.1) is 0 Å². The van der Waals surface area contributed by atoms with Gasteiger partial charge in [0.1, 0.15) is 5.78 Å². The second-order valence-corrected chi connectivity index (χ2v) is 6.92. The summed E-state index contributed by atoms with van der Waals surface area (Å²) < 4.78 is 4.68. The van der Waals surface area contributed by atoms with Gasteiger partial charge in [0.15, 0.2) is 0 Å². The number of carbonyl (C=O) groups is 3. The summed E-state index contributed by atoms with van der Waals surface area (Å²) in [5, 5.41) is 0. The molecule has 1 amide bonds. The van der Waals surface area contributed by atoms with Crippen LogP contribution in [0.15, 0.2) is 24.3 Å². The Bertz CT molecular complexity index is 636. The van der Waals surface area contributed by atoms with Crippen LogP contribution in [0, 0.1) is 17.8 Å². The van der Waals surface area contributed by atoms with Crippen molar-refractivity contribution >= 4 is 17.7 Å². The molecular weight excluding hydrogens is 306 g/mol. The average Bonchev–Trinajstić information content (AvgIpc) is 2.81. The normalized spacial score (nSPS) is 25.4. The Hall–Kier alpha value is -2.17. The number of Topliss-reactive ketones (excluding diaryl/α,β-unsaturated/α-hetero) is 1. The number of ether oxygens (including phenoxy) is 1. The molecule has 0 aromatic heterocycles. The summed E-state index contributed by atoms with van der Waals surface area (Å²) in [6, 6.07) is 7.09. The van der Waals surface area contributed by atoms with Crippen LogP contribution in [0.5, 0.6) is 0 Å². The number of benzene rings is 1. The Morgan fingerprint density at radius 3 is 2.25 bits per heavy atom. The van der Waals surface area contributed by atoms with Gasteiger partial charge in [0.05, 0.1) is 12.7 Å². The monoisotopic (exact) mass is 329 g/mol. The molecule has 24 heavy (non-hydrogen) atoms. The van der Waals surface area contributed by atoms with Gasteiger partial charge in [0.2, 0.25) is 5.91 Å². The molecule has 128 valence electrons. The molecule has 1 aromatic rings. The van der Waals surface area contributed by atoms with Crippen LogP contribution >= 0.6 is 0 Å². The highest BCUT2D eigenvalue weighted by Crippen LogP contribution is 2.42. The molecule has 1 unspecified atom stereocenters. The number of hydrogen-bond acceptors (Lipinski definition) is 4. The van der Waals surface area contributed by atoms with Crippen LogP contribution in [-0.4, -0.2) is 36.7 Å². The first-order valence-electron chi connectivity index (χ1n) is 8.45. The Morgan fingerprint density at radius 2 is 1.71 bits per heavy atom. The van der Waals surface area contributed by atoms with Gasteiger partial charge in [0.25, 0.3) is 0 Å². The lowest BCUT2D eigenvalue weighted by molar-refractivity contribution is -0.139. The summed E-state index contributed by atoms with van der Waals surface area (Å²) in [4.78, 5) is 37.8. The Kier molecular flexibility index (Phi) is 4.69. The first-order chi connectivity index (χ1) is 11.5. The van der Waals surface area contributed by atoms with Crippen LogP contribution in [0.25, 0.3) is 0 Å². The second-order valence-electron chi connectivity index (χ2n) is 6.92. The van der Waals surface area contributed by atoms with Crippen LogP contribution in [0.1, 0.15) is 41.6 Å². The highest BCUT2D eigenvalue weighted by atomic mass is 16.5. The zero-order valence-corrected chi connectivity index (χ0v) is 14.2. The highest BCUT2D eigenvalue weighted by Gasteiger charge is 2.44. The van der Waals surface area contributed by atoms with Crippen LogP contribution < -0.4 is 0 Å². The summed E-state index contributed by atoms with van der Waals surface area (Å²) in [5.41, 5.74) is 1.46. The van der Waals surface area contributed by atoms with Crippen LogP contribution in [0.2, 0.25) is 0 Å². The molecule has 3 rings (SSSR count). The minimum atomic E-state index is -0.367. The fourth-order valence-electron chi connectivity index (χ4n) is 4.00. The number of nitrogens with zero attached hydrogens (tertiary/aromatic N) is 1. The van der Waals surface area contributed by atoms with E-state index in [-0.39, 0.29) is 29.6 Å². The summed E-state index contributed by atoms with van der Waals surface area (Å²) in [5.74, 6) is 0.306. The van der Waals surface area contributed by atoms with E-state index in [9.17, 15) is 14.4 Å². The maximum absolute atomic E-state index is 12.7. The fourth-order valence-corrected chi connectivity index (χ4v) is 4.00. The van der Waals surface area contributed by atoms with Crippen LogP contribution in [-0.2, 0) is 20.9 Å². The maximum atomic E-state index is 12.7. The van der Waals surface area contributed by atoms with E-state index in [2.05, 4.69) is 4.74 Å². The molecule has 0 heterocycles. The standard InChI is InChI=1S/C19H23NO4/c1-20(11-12-3-5-13(6-4-12)19(23)24-2)18(22)16-9-14-7-8-15(10-16)17(14)21/h3-6,14-16H,7-11H2,1-2H3/t14-,15+,16?. The van der Waals surface area contributed by atoms with E-state index < -0.39 is 0 Å². The van der Waals surface area contributed by atoms with Gasteiger partial charge in [-0.05, 0) is 43.4 Å². The Labute approximate surface area is 142 Å². The SMILES string of the molecule is COC(=O)c1ccc(CN(C)C(=O)C2C[C@H]3CC[C@@H](C2)C3=O)cc1. The van der Waals surface area contributed by atoms with Gasteiger partial charge in [-0.1, -0.05) is 12.1 Å². The minimum absolute atomic E-state index is 0.0282. The van der Waals surface area contributed by atoms with Crippen molar-refractivity contribution < 1.29 is 19.1 Å². The number of hydrogen-bond donors (Lipinski definition) is 0. The van der Waals surface area contributed by atoms with Crippen molar-refractivity contribution in [1.82, 2.24) is 4.90 Å². The lowest BCUT2D eigenvalue weighted by atomic mass is 9.79. The predicted octanol–water partition coefficient (Wildman–Crippen LogP) is 2.44. The third kappa shape index (κ3) is 3.21. The molecule has 0 radical (unpaired) electrons. The molecule has 3 atom stereocenters. The van der Waals surface area contributed by atoms with Crippen molar-refractivity contribution in [3.8, 4) is 0 Å². The van der Waals surface area contributed by atoms with Gasteiger partial charge in [-0.3, -0.25) is 9.59 Å². The molecule has 2 saturated carbocycles. The van der Waals surface area contributed by atoms with E-state index in [4.69, 9.17) is 0 Å². The molecule has 0 N–H and O–H groups in total. The summed E-state index contributed by atoms with van der Waals surface area (Å²) >= 11 is 0. The zero-order valence-electron chi connectivity index (χ0n) is 14.2. The van der Waals surface area contributed by atoms with E-state index in [1.807, 2.05) is 12.1 Å². The van der Waals surface area contributed by atoms with E-state index in [0.29, 0.717) is 30.7 Å². The van der Waals surface area contributed by atoms with E-state index in [0.717, 1.165) is 18.4 Å². The molecule has 0 saturated heterocycles. The molecule has 2 aliphatic rings. The molecule has 1 aromatic carbocycles. The number of rotatable bonds is 4. The number of esters is 1. The van der Waals surface area contributed by atoms with E-state index in [1.54, 1.807) is 24.1 Å². The number of fused-ring (bicyclic) bond motifs is 2. The van der Waals surface area contributed by atoms with E-state index >= 15 is 0 Å². The number of amides is 1. The lowest BCUT2D eigenvalue weighted by Gasteiger charge is -2.29. The summed E-state index contributed by atoms with van der Waals surface area (Å²) in [6.07, 6.45) is 3.32. The average molecular weight is 329 g/mol. The largest absolute Gasteiger partial charge is 0.465 e. The molecule has 0 aliphatic heterocycles. The summed E-state index contributed by atoms with van der Waals surface area (Å²) in [7, 11) is 3.15. The number of carbonyl (C=O) groups excluding carboxylic acids is 3. The fraction of sp³-hybridized carbons (Fsp3) is 0.526. The van der Waals surface area contributed by atoms with Gasteiger partial charge in [-0.2, -0.15) is 0 Å². The van der Waals surface area contributed by atoms with Crippen molar-refractivity contribution in [2.45, 2.75) is 32.2 Å². The van der Waals surface area contributed by atoms with Crippen LogP contribution in [0.4, 0.5) is 0 Å². The zero-order chi connectivity index (χ0) is 17.3. The van der Waals surface area contributed by atoms with Gasteiger partial charge in [-0.25, -0.2) is 4.79 Å². The molecular formula is C19H23NO4. The minimum Gasteiger partial charge on any atom is -0.465 e. The lowest BCUT2D eigenvalue weighted by Crippen LogP contribution is -2.38. The first-order valence-corrected chi connectivity index (χ1v) is 8.45. The van der Waals surface area contributed by atoms with Gasteiger partial charge < -0.3 is 9.64 Å². The molecule has 2 fully saturated rings. The maximum Gasteiger partial charge on any atom is 0.337 e. The topological polar surface area (TPSA) is 63.7 Å². The number of ketones is 1. The van der Waals surface area contributed by atoms with Crippen molar-refractivity contribution in [3.05, 3.63) is 35.4 Å². The first kappa shape index (κ1) is 16.7. The van der Waals surface area contributed by atoms with Crippen LogP contribution in [0.3, 0.4) is 0 Å². The summed E-state index contributed by atoms with van der Waals surface area (Å²) in [6.45, 7) is 0.500. The van der Waals surface area contributed by atoms with E-state index in [1.165, 1.54) is 7.11 Å². The highest BCUT2D eigenvalue weighted by molar-refractivity contribution is 5.90. The predicted molar refractivity (Wildman–Crippen MR) is 88.2 cm³/mol.